The number of benzene rings is 2. The molecule has 1 aromatic heterocycles. The molecule has 3 aliphatic rings. The van der Waals surface area contributed by atoms with E-state index < -0.39 is 0 Å². The first kappa shape index (κ1) is 21.9. The van der Waals surface area contributed by atoms with Crippen LogP contribution in [0.3, 0.4) is 0 Å². The summed E-state index contributed by atoms with van der Waals surface area (Å²) in [6, 6.07) is 15.3. The van der Waals surface area contributed by atoms with E-state index in [4.69, 9.17) is 16.3 Å². The maximum absolute atomic E-state index is 13.1. The number of methoxy groups -OCH3 is 1. The Kier molecular flexibility index (Phi) is 5.33. The van der Waals surface area contributed by atoms with Crippen LogP contribution in [-0.4, -0.2) is 33.7 Å². The molecule has 0 unspecified atom stereocenters. The van der Waals surface area contributed by atoms with Crippen molar-refractivity contribution >= 4 is 35.3 Å². The van der Waals surface area contributed by atoms with Gasteiger partial charge >= 0.3 is 0 Å². The first-order chi connectivity index (χ1) is 17.0. The summed E-state index contributed by atoms with van der Waals surface area (Å²) in [5.41, 5.74) is 2.09. The molecule has 6 rings (SSSR count). The molecule has 1 N–H and O–H groups in total. The van der Waals surface area contributed by atoms with E-state index in [1.54, 1.807) is 11.8 Å². The predicted octanol–water partition coefficient (Wildman–Crippen LogP) is 4.54. The number of aromatic nitrogens is 3. The van der Waals surface area contributed by atoms with Crippen LogP contribution in [0.4, 0.5) is 11.9 Å². The summed E-state index contributed by atoms with van der Waals surface area (Å²) in [6.07, 6.45) is 5.79. The minimum atomic E-state index is -0.333. The predicted molar refractivity (Wildman–Crippen MR) is 131 cm³/mol. The number of hydrogen-bond acceptors (Lipinski definition) is 6. The number of allylic oxidation sites excluding steroid dienone is 2. The van der Waals surface area contributed by atoms with Crippen molar-refractivity contribution in [1.29, 1.82) is 0 Å². The number of anilines is 2. The Morgan fingerprint density at radius 2 is 1.57 bits per heavy atom. The fourth-order valence-corrected chi connectivity index (χ4v) is 5.40. The van der Waals surface area contributed by atoms with Gasteiger partial charge in [-0.05, 0) is 54.7 Å². The van der Waals surface area contributed by atoms with Crippen molar-refractivity contribution in [3.63, 3.8) is 0 Å². The quantitative estimate of drug-likeness (QED) is 0.427. The summed E-state index contributed by atoms with van der Waals surface area (Å²) in [6.45, 7) is 0. The number of ether oxygens (including phenoxy) is 1. The van der Waals surface area contributed by atoms with Gasteiger partial charge in [-0.15, -0.1) is 5.10 Å². The zero-order chi connectivity index (χ0) is 24.1. The minimum Gasteiger partial charge on any atom is -0.497 e. The van der Waals surface area contributed by atoms with Gasteiger partial charge in [0, 0.05) is 5.02 Å². The highest BCUT2D eigenvalue weighted by Gasteiger charge is 2.50. The van der Waals surface area contributed by atoms with Crippen molar-refractivity contribution < 1.29 is 14.3 Å². The summed E-state index contributed by atoms with van der Waals surface area (Å²) < 4.78 is 7.10. The van der Waals surface area contributed by atoms with Crippen LogP contribution >= 0.6 is 11.6 Å². The second kappa shape index (κ2) is 8.53. The molecule has 1 fully saturated rings. The summed E-state index contributed by atoms with van der Waals surface area (Å²) in [4.78, 5) is 32.1. The number of fused-ring (bicyclic) bond motifs is 2. The Hall–Kier alpha value is -3.65. The van der Waals surface area contributed by atoms with E-state index >= 15 is 0 Å². The Labute approximate surface area is 207 Å². The fourth-order valence-electron chi connectivity index (χ4n) is 5.28. The molecule has 4 atom stereocenters. The average Bonchev–Trinajstić information content (AvgIpc) is 3.42. The van der Waals surface area contributed by atoms with Gasteiger partial charge < -0.3 is 10.1 Å². The van der Waals surface area contributed by atoms with Crippen LogP contribution in [0.25, 0.3) is 0 Å². The standard InChI is InChI=1S/C26H24ClN5O3/c1-35-18-12-8-16(9-13-18)22-14-21(15-6-10-17(27)11-7-15)28-25-29-26(30-32(22)25)31-23(33)19-4-2-3-5-20(19)24(31)34/h2-3,6-13,19-22H,4-5,14H2,1H3,(H,28,29,30)/t19-,20-,21+,22-/m0/s1. The van der Waals surface area contributed by atoms with Crippen LogP contribution in [0, 0.1) is 11.8 Å². The zero-order valence-corrected chi connectivity index (χ0v) is 19.9. The SMILES string of the molecule is COc1ccc([C@@H]2C[C@H](c3ccc(Cl)cc3)Nc3nc(N4C(=O)[C@H]5CC=CC[C@@H]5C4=O)nn32)cc1. The summed E-state index contributed by atoms with van der Waals surface area (Å²) in [7, 11) is 1.63. The third kappa shape index (κ3) is 3.69. The Bertz CT molecular complexity index is 1290. The molecule has 2 aromatic carbocycles. The lowest BCUT2D eigenvalue weighted by Gasteiger charge is -2.31. The van der Waals surface area contributed by atoms with Crippen molar-refractivity contribution in [2.75, 3.05) is 17.3 Å². The third-order valence-electron chi connectivity index (χ3n) is 7.16. The van der Waals surface area contributed by atoms with Gasteiger partial charge in [-0.2, -0.15) is 4.98 Å². The molecule has 2 amide bonds. The lowest BCUT2D eigenvalue weighted by Crippen LogP contribution is -2.32. The second-order valence-corrected chi connectivity index (χ2v) is 9.56. The molecule has 178 valence electrons. The maximum atomic E-state index is 13.1. The van der Waals surface area contributed by atoms with E-state index in [1.807, 2.05) is 60.7 Å². The lowest BCUT2D eigenvalue weighted by atomic mass is 9.85. The average molecular weight is 490 g/mol. The van der Waals surface area contributed by atoms with Gasteiger partial charge in [0.1, 0.15) is 5.75 Å². The number of hydrogen-bond donors (Lipinski definition) is 1. The maximum Gasteiger partial charge on any atom is 0.260 e. The van der Waals surface area contributed by atoms with Crippen molar-refractivity contribution in [1.82, 2.24) is 14.8 Å². The first-order valence-corrected chi connectivity index (χ1v) is 12.1. The van der Waals surface area contributed by atoms with Crippen LogP contribution in [0.15, 0.2) is 60.7 Å². The van der Waals surface area contributed by atoms with Crippen molar-refractivity contribution in [2.45, 2.75) is 31.3 Å². The van der Waals surface area contributed by atoms with Gasteiger partial charge in [0.2, 0.25) is 17.8 Å². The lowest BCUT2D eigenvalue weighted by molar-refractivity contribution is -0.122. The molecule has 0 radical (unpaired) electrons. The van der Waals surface area contributed by atoms with Crippen LogP contribution in [0.1, 0.15) is 42.5 Å². The van der Waals surface area contributed by atoms with E-state index in [9.17, 15) is 9.59 Å². The Morgan fingerprint density at radius 3 is 2.20 bits per heavy atom. The topological polar surface area (TPSA) is 89.3 Å². The first-order valence-electron chi connectivity index (χ1n) is 11.7. The molecule has 9 heteroatoms. The molecule has 3 heterocycles. The van der Waals surface area contributed by atoms with Gasteiger partial charge in [0.25, 0.3) is 5.95 Å². The molecule has 2 aliphatic heterocycles. The van der Waals surface area contributed by atoms with Crippen LogP contribution in [0.5, 0.6) is 5.75 Å². The molecule has 1 aliphatic carbocycles. The molecular formula is C26H24ClN5O3. The van der Waals surface area contributed by atoms with Crippen LogP contribution in [-0.2, 0) is 9.59 Å². The van der Waals surface area contributed by atoms with E-state index in [0.29, 0.717) is 30.2 Å². The third-order valence-corrected chi connectivity index (χ3v) is 7.41. The molecule has 0 bridgehead atoms. The number of carbonyl (C=O) groups excluding carboxylic acids is 2. The molecule has 0 saturated carbocycles. The highest BCUT2D eigenvalue weighted by atomic mass is 35.5. The number of halogens is 1. The monoisotopic (exact) mass is 489 g/mol. The minimum absolute atomic E-state index is 0.0549. The van der Waals surface area contributed by atoms with Crippen molar-refractivity contribution in [2.24, 2.45) is 11.8 Å². The van der Waals surface area contributed by atoms with Gasteiger partial charge in [-0.1, -0.05) is 48.0 Å². The van der Waals surface area contributed by atoms with E-state index in [0.717, 1.165) is 16.9 Å². The molecule has 0 spiro atoms. The van der Waals surface area contributed by atoms with E-state index in [1.165, 1.54) is 4.90 Å². The zero-order valence-electron chi connectivity index (χ0n) is 19.1. The van der Waals surface area contributed by atoms with Crippen molar-refractivity contribution in [3.05, 3.63) is 76.8 Å². The van der Waals surface area contributed by atoms with Gasteiger partial charge in [-0.3, -0.25) is 9.59 Å². The van der Waals surface area contributed by atoms with E-state index in [2.05, 4.69) is 15.4 Å². The molecule has 8 nitrogen and oxygen atoms in total. The van der Waals surface area contributed by atoms with Crippen LogP contribution < -0.4 is 15.0 Å². The number of carbonyl (C=O) groups is 2. The van der Waals surface area contributed by atoms with Gasteiger partial charge in [0.05, 0.1) is 31.0 Å². The number of imide groups is 1. The molecule has 3 aromatic rings. The van der Waals surface area contributed by atoms with Crippen LogP contribution in [0.2, 0.25) is 5.02 Å². The number of rotatable bonds is 4. The molecule has 1 saturated heterocycles. The summed E-state index contributed by atoms with van der Waals surface area (Å²) >= 11 is 6.11. The Balaban J connectivity index is 1.39. The molecule has 35 heavy (non-hydrogen) atoms. The van der Waals surface area contributed by atoms with E-state index in [-0.39, 0.29) is 41.7 Å². The highest BCUT2D eigenvalue weighted by Crippen LogP contribution is 2.41. The number of nitrogens with one attached hydrogen (secondary N) is 1. The Morgan fingerprint density at radius 1 is 0.943 bits per heavy atom. The number of amides is 2. The fraction of sp³-hybridized carbons (Fsp3) is 0.308. The second-order valence-electron chi connectivity index (χ2n) is 9.12. The number of nitrogens with zero attached hydrogens (tertiary/aromatic N) is 4. The van der Waals surface area contributed by atoms with Crippen molar-refractivity contribution in [3.8, 4) is 5.75 Å². The normalized spacial score (nSPS) is 25.3. The summed E-state index contributed by atoms with van der Waals surface area (Å²) in [5.74, 6) is 0.305. The largest absolute Gasteiger partial charge is 0.497 e. The van der Waals surface area contributed by atoms with Gasteiger partial charge in [0.15, 0.2) is 0 Å². The summed E-state index contributed by atoms with van der Waals surface area (Å²) in [5, 5.41) is 8.81. The molecular weight excluding hydrogens is 466 g/mol. The highest BCUT2D eigenvalue weighted by molar-refractivity contribution is 6.30. The smallest absolute Gasteiger partial charge is 0.260 e. The van der Waals surface area contributed by atoms with Gasteiger partial charge in [-0.25, -0.2) is 9.58 Å².